The van der Waals surface area contributed by atoms with Gasteiger partial charge in [0.15, 0.2) is 5.96 Å². The molecule has 0 atom stereocenters. The van der Waals surface area contributed by atoms with Crippen LogP contribution in [-0.4, -0.2) is 37.5 Å². The van der Waals surface area contributed by atoms with Crippen LogP contribution in [0.25, 0.3) is 0 Å². The van der Waals surface area contributed by atoms with Crippen molar-refractivity contribution < 1.29 is 13.2 Å². The zero-order chi connectivity index (χ0) is 16.4. The first-order chi connectivity index (χ1) is 10.2. The third-order valence-corrected chi connectivity index (χ3v) is 3.96. The van der Waals surface area contributed by atoms with Crippen LogP contribution in [0.3, 0.4) is 0 Å². The summed E-state index contributed by atoms with van der Waals surface area (Å²) in [5, 5.41) is 3.31. The van der Waals surface area contributed by atoms with E-state index in [1.807, 2.05) is 20.9 Å². The summed E-state index contributed by atoms with van der Waals surface area (Å²) in [5.41, 5.74) is -0.0336. The van der Waals surface area contributed by atoms with Gasteiger partial charge in [0.05, 0.1) is 5.56 Å². The minimum absolute atomic E-state index is 0.287. The van der Waals surface area contributed by atoms with E-state index < -0.39 is 11.7 Å². The smallest absolute Gasteiger partial charge is 0.355 e. The Kier molecular flexibility index (Phi) is 4.68. The molecular weight excluding hydrogens is 291 g/mol. The van der Waals surface area contributed by atoms with E-state index in [4.69, 9.17) is 0 Å². The van der Waals surface area contributed by atoms with Crippen LogP contribution in [0, 0.1) is 0 Å². The zero-order valence-corrected chi connectivity index (χ0v) is 13.2. The van der Waals surface area contributed by atoms with Gasteiger partial charge in [-0.2, -0.15) is 13.2 Å². The summed E-state index contributed by atoms with van der Waals surface area (Å²) in [5.74, 6) is 0.853. The number of rotatable bonds is 3. The molecule has 1 heterocycles. The van der Waals surface area contributed by atoms with Crippen LogP contribution in [0.15, 0.2) is 29.3 Å². The Morgan fingerprint density at radius 3 is 2.27 bits per heavy atom. The maximum absolute atomic E-state index is 12.6. The molecule has 0 amide bonds. The van der Waals surface area contributed by atoms with E-state index >= 15 is 0 Å². The Labute approximate surface area is 129 Å². The lowest BCUT2D eigenvalue weighted by Crippen LogP contribution is -2.46. The van der Waals surface area contributed by atoms with Crippen molar-refractivity contribution in [1.82, 2.24) is 10.2 Å². The highest BCUT2D eigenvalue weighted by Crippen LogP contribution is 2.31. The molecule has 3 nitrogen and oxygen atoms in total. The van der Waals surface area contributed by atoms with Crippen LogP contribution in [0.5, 0.6) is 0 Å². The molecule has 1 aliphatic heterocycles. The number of alkyl halides is 3. The number of hydrogen-bond donors (Lipinski definition) is 1. The van der Waals surface area contributed by atoms with E-state index in [2.05, 4.69) is 15.2 Å². The molecule has 0 saturated carbocycles. The Morgan fingerprint density at radius 2 is 1.73 bits per heavy atom. The predicted octanol–water partition coefficient (Wildman–Crippen LogP) is 3.26. The largest absolute Gasteiger partial charge is 0.416 e. The molecule has 122 valence electrons. The quantitative estimate of drug-likeness (QED) is 0.927. The van der Waals surface area contributed by atoms with E-state index in [0.29, 0.717) is 6.54 Å². The van der Waals surface area contributed by atoms with Gasteiger partial charge in [-0.3, -0.25) is 4.99 Å². The summed E-state index contributed by atoms with van der Waals surface area (Å²) in [6, 6.07) is 5.39. The van der Waals surface area contributed by atoms with E-state index in [9.17, 15) is 13.2 Å². The maximum atomic E-state index is 12.6. The van der Waals surface area contributed by atoms with Gasteiger partial charge in [-0.1, -0.05) is 26.0 Å². The standard InChI is InChI=1S/C16H22F3N3/c1-15(2,11-21-14-20-9-4-10-22(14)3)12-5-7-13(8-6-12)16(17,18)19/h5-8H,4,9-11H2,1-3H3,(H,20,21). The molecule has 0 saturated heterocycles. The van der Waals surface area contributed by atoms with Gasteiger partial charge in [0.2, 0.25) is 0 Å². The van der Waals surface area contributed by atoms with Crippen molar-refractivity contribution in [2.45, 2.75) is 31.9 Å². The van der Waals surface area contributed by atoms with Crippen LogP contribution < -0.4 is 5.32 Å². The molecule has 2 rings (SSSR count). The second kappa shape index (κ2) is 6.18. The predicted molar refractivity (Wildman–Crippen MR) is 82.0 cm³/mol. The third kappa shape index (κ3) is 3.93. The fourth-order valence-corrected chi connectivity index (χ4v) is 2.42. The van der Waals surface area contributed by atoms with E-state index in [0.717, 1.165) is 43.2 Å². The lowest BCUT2D eigenvalue weighted by atomic mass is 9.84. The normalized spacial score (nSPS) is 16.5. The third-order valence-electron chi connectivity index (χ3n) is 3.96. The van der Waals surface area contributed by atoms with Crippen molar-refractivity contribution in [3.05, 3.63) is 35.4 Å². The van der Waals surface area contributed by atoms with Crippen molar-refractivity contribution in [3.63, 3.8) is 0 Å². The minimum Gasteiger partial charge on any atom is -0.355 e. The molecular formula is C16H22F3N3. The molecule has 0 radical (unpaired) electrons. The molecule has 22 heavy (non-hydrogen) atoms. The number of hydrogen-bond acceptors (Lipinski definition) is 3. The average molecular weight is 313 g/mol. The summed E-state index contributed by atoms with van der Waals surface area (Å²) < 4.78 is 37.8. The monoisotopic (exact) mass is 313 g/mol. The molecule has 1 aliphatic rings. The summed E-state index contributed by atoms with van der Waals surface area (Å²) in [4.78, 5) is 6.50. The highest BCUT2D eigenvalue weighted by molar-refractivity contribution is 5.80. The van der Waals surface area contributed by atoms with Gasteiger partial charge in [0, 0.05) is 32.1 Å². The van der Waals surface area contributed by atoms with Gasteiger partial charge in [-0.05, 0) is 24.1 Å². The van der Waals surface area contributed by atoms with Gasteiger partial charge in [0.25, 0.3) is 0 Å². The summed E-state index contributed by atoms with van der Waals surface area (Å²) >= 11 is 0. The first kappa shape index (κ1) is 16.6. The number of nitrogens with zero attached hydrogens (tertiary/aromatic N) is 2. The number of nitrogens with one attached hydrogen (secondary N) is 1. The Hall–Kier alpha value is -1.72. The SMILES string of the molecule is CN1CCCN=C1NCC(C)(C)c1ccc(C(F)(F)F)cc1. The van der Waals surface area contributed by atoms with E-state index in [1.165, 1.54) is 0 Å². The number of halogens is 3. The van der Waals surface area contributed by atoms with Gasteiger partial charge in [-0.25, -0.2) is 0 Å². The lowest BCUT2D eigenvalue weighted by Gasteiger charge is -2.31. The van der Waals surface area contributed by atoms with Crippen LogP contribution in [-0.2, 0) is 11.6 Å². The molecule has 0 spiro atoms. The number of benzene rings is 1. The van der Waals surface area contributed by atoms with Gasteiger partial charge < -0.3 is 10.2 Å². The topological polar surface area (TPSA) is 27.6 Å². The summed E-state index contributed by atoms with van der Waals surface area (Å²) in [6.45, 7) is 6.40. The van der Waals surface area contributed by atoms with Crippen molar-refractivity contribution in [3.8, 4) is 0 Å². The number of aliphatic imine (C=N–C) groups is 1. The molecule has 1 aromatic carbocycles. The highest BCUT2D eigenvalue weighted by Gasteiger charge is 2.31. The van der Waals surface area contributed by atoms with Crippen LogP contribution >= 0.6 is 0 Å². The molecule has 1 aromatic rings. The fourth-order valence-electron chi connectivity index (χ4n) is 2.42. The second-order valence-electron chi connectivity index (χ2n) is 6.29. The van der Waals surface area contributed by atoms with Gasteiger partial charge in [-0.15, -0.1) is 0 Å². The lowest BCUT2D eigenvalue weighted by molar-refractivity contribution is -0.137. The average Bonchev–Trinajstić information content (AvgIpc) is 2.46. The molecule has 0 bridgehead atoms. The van der Waals surface area contributed by atoms with Crippen molar-refractivity contribution >= 4 is 5.96 Å². The maximum Gasteiger partial charge on any atom is 0.416 e. The molecule has 0 aromatic heterocycles. The van der Waals surface area contributed by atoms with E-state index in [1.54, 1.807) is 12.1 Å². The van der Waals surface area contributed by atoms with E-state index in [-0.39, 0.29) is 5.41 Å². The van der Waals surface area contributed by atoms with Crippen molar-refractivity contribution in [2.75, 3.05) is 26.7 Å². The molecule has 0 aliphatic carbocycles. The fraction of sp³-hybridized carbons (Fsp3) is 0.562. The molecule has 1 N–H and O–H groups in total. The molecule has 0 unspecified atom stereocenters. The first-order valence-corrected chi connectivity index (χ1v) is 7.37. The van der Waals surface area contributed by atoms with Crippen LogP contribution in [0.4, 0.5) is 13.2 Å². The van der Waals surface area contributed by atoms with Crippen LogP contribution in [0.2, 0.25) is 0 Å². The minimum atomic E-state index is -4.29. The van der Waals surface area contributed by atoms with Gasteiger partial charge >= 0.3 is 6.18 Å². The first-order valence-electron chi connectivity index (χ1n) is 7.37. The second-order valence-corrected chi connectivity index (χ2v) is 6.29. The zero-order valence-electron chi connectivity index (χ0n) is 13.2. The Balaban J connectivity index is 2.05. The summed E-state index contributed by atoms with van der Waals surface area (Å²) in [6.07, 6.45) is -3.25. The Morgan fingerprint density at radius 1 is 1.14 bits per heavy atom. The van der Waals surface area contributed by atoms with Crippen molar-refractivity contribution in [2.24, 2.45) is 4.99 Å². The van der Waals surface area contributed by atoms with Crippen molar-refractivity contribution in [1.29, 1.82) is 0 Å². The Bertz CT molecular complexity index is 533. The highest BCUT2D eigenvalue weighted by atomic mass is 19.4. The van der Waals surface area contributed by atoms with Crippen LogP contribution in [0.1, 0.15) is 31.4 Å². The van der Waals surface area contributed by atoms with Gasteiger partial charge in [0.1, 0.15) is 0 Å². The summed E-state index contributed by atoms with van der Waals surface area (Å²) in [7, 11) is 1.98. The molecule has 0 fully saturated rings. The number of guanidine groups is 1. The molecule has 6 heteroatoms.